The molecule has 1 fully saturated rings. The summed E-state index contributed by atoms with van der Waals surface area (Å²) in [5.74, 6) is 2.26. The van der Waals surface area contributed by atoms with Gasteiger partial charge in [-0.15, -0.1) is 0 Å². The van der Waals surface area contributed by atoms with Crippen LogP contribution in [0, 0.1) is 5.92 Å². The summed E-state index contributed by atoms with van der Waals surface area (Å²) in [4.78, 5) is 13.9. The van der Waals surface area contributed by atoms with Gasteiger partial charge in [0.25, 0.3) is 0 Å². The standard InChI is InChI=1S/C17H26N2O2S/c1-3-22-12-13-6-4-8-15(10-13)18-17(21)19(2)11-14-7-5-9-16(14)20/h4,6,8,10,14,16,20H,3,5,7,9,11-12H2,1-2H3,(H,18,21). The van der Waals surface area contributed by atoms with Crippen LogP contribution < -0.4 is 5.32 Å². The number of amides is 2. The van der Waals surface area contributed by atoms with Crippen molar-refractivity contribution < 1.29 is 9.90 Å². The maximum absolute atomic E-state index is 12.3. The molecule has 2 atom stereocenters. The zero-order valence-corrected chi connectivity index (χ0v) is 14.2. The lowest BCUT2D eigenvalue weighted by molar-refractivity contribution is 0.116. The molecule has 1 aromatic rings. The third-order valence-corrected chi connectivity index (χ3v) is 5.07. The molecule has 0 saturated heterocycles. The first-order valence-electron chi connectivity index (χ1n) is 7.97. The van der Waals surface area contributed by atoms with Crippen molar-refractivity contribution in [3.8, 4) is 0 Å². The van der Waals surface area contributed by atoms with E-state index in [1.807, 2.05) is 30.0 Å². The Balaban J connectivity index is 1.87. The molecule has 0 aromatic heterocycles. The molecule has 0 aliphatic heterocycles. The van der Waals surface area contributed by atoms with Gasteiger partial charge in [0.15, 0.2) is 0 Å². The van der Waals surface area contributed by atoms with Gasteiger partial charge < -0.3 is 15.3 Å². The Hall–Kier alpha value is -1.20. The first-order chi connectivity index (χ1) is 10.6. The van der Waals surface area contributed by atoms with Crippen LogP contribution >= 0.6 is 11.8 Å². The number of benzene rings is 1. The third-order valence-electron chi connectivity index (χ3n) is 4.13. The molecule has 1 aliphatic rings. The molecule has 2 N–H and O–H groups in total. The zero-order valence-electron chi connectivity index (χ0n) is 13.4. The van der Waals surface area contributed by atoms with Gasteiger partial charge in [0.05, 0.1) is 6.10 Å². The number of carbonyl (C=O) groups excluding carboxylic acids is 1. The van der Waals surface area contributed by atoms with Crippen LogP contribution in [0.3, 0.4) is 0 Å². The van der Waals surface area contributed by atoms with Crippen LogP contribution in [0.5, 0.6) is 0 Å². The van der Waals surface area contributed by atoms with Crippen molar-refractivity contribution >= 4 is 23.5 Å². The molecule has 1 saturated carbocycles. The molecule has 122 valence electrons. The van der Waals surface area contributed by atoms with Crippen LogP contribution in [-0.4, -0.2) is 41.5 Å². The Kier molecular flexibility index (Phi) is 6.58. The molecule has 2 amide bonds. The van der Waals surface area contributed by atoms with E-state index in [0.29, 0.717) is 6.54 Å². The minimum Gasteiger partial charge on any atom is -0.393 e. The molecule has 22 heavy (non-hydrogen) atoms. The molecule has 2 rings (SSSR count). The lowest BCUT2D eigenvalue weighted by atomic mass is 10.1. The van der Waals surface area contributed by atoms with Gasteiger partial charge in [-0.3, -0.25) is 0 Å². The van der Waals surface area contributed by atoms with Crippen molar-refractivity contribution in [1.29, 1.82) is 0 Å². The number of hydrogen-bond acceptors (Lipinski definition) is 3. The van der Waals surface area contributed by atoms with Gasteiger partial charge in [0.1, 0.15) is 0 Å². The molecule has 0 bridgehead atoms. The normalized spacial score (nSPS) is 20.9. The number of nitrogens with one attached hydrogen (secondary N) is 1. The highest BCUT2D eigenvalue weighted by Crippen LogP contribution is 2.26. The molecular weight excluding hydrogens is 296 g/mol. The second-order valence-corrected chi connectivity index (χ2v) is 7.18. The van der Waals surface area contributed by atoms with Crippen LogP contribution in [0.2, 0.25) is 0 Å². The number of hydrogen-bond donors (Lipinski definition) is 2. The molecular formula is C17H26N2O2S. The zero-order chi connectivity index (χ0) is 15.9. The quantitative estimate of drug-likeness (QED) is 0.842. The van der Waals surface area contributed by atoms with E-state index in [4.69, 9.17) is 0 Å². The van der Waals surface area contributed by atoms with E-state index in [1.54, 1.807) is 11.9 Å². The minimum absolute atomic E-state index is 0.112. The van der Waals surface area contributed by atoms with Crippen molar-refractivity contribution in [1.82, 2.24) is 4.90 Å². The van der Waals surface area contributed by atoms with E-state index in [1.165, 1.54) is 5.56 Å². The second-order valence-electron chi connectivity index (χ2n) is 5.91. The predicted molar refractivity (Wildman–Crippen MR) is 93.3 cm³/mol. The molecule has 0 heterocycles. The third kappa shape index (κ3) is 4.92. The summed E-state index contributed by atoms with van der Waals surface area (Å²) >= 11 is 1.87. The molecule has 5 heteroatoms. The van der Waals surface area contributed by atoms with Crippen molar-refractivity contribution in [3.05, 3.63) is 29.8 Å². The first-order valence-corrected chi connectivity index (χ1v) is 9.12. The SMILES string of the molecule is CCSCc1cccc(NC(=O)N(C)CC2CCCC2O)c1. The van der Waals surface area contributed by atoms with Crippen molar-refractivity contribution in [2.45, 2.75) is 38.0 Å². The van der Waals surface area contributed by atoms with Crippen LogP contribution in [0.25, 0.3) is 0 Å². The number of thioether (sulfide) groups is 1. The molecule has 4 nitrogen and oxygen atoms in total. The van der Waals surface area contributed by atoms with Crippen molar-refractivity contribution in [2.75, 3.05) is 24.7 Å². The van der Waals surface area contributed by atoms with E-state index >= 15 is 0 Å². The summed E-state index contributed by atoms with van der Waals surface area (Å²) in [7, 11) is 1.79. The summed E-state index contributed by atoms with van der Waals surface area (Å²) in [5, 5.41) is 12.8. The number of urea groups is 1. The maximum Gasteiger partial charge on any atom is 0.321 e. The van der Waals surface area contributed by atoms with Gasteiger partial charge >= 0.3 is 6.03 Å². The van der Waals surface area contributed by atoms with Crippen molar-refractivity contribution in [2.24, 2.45) is 5.92 Å². The summed E-state index contributed by atoms with van der Waals surface area (Å²) < 4.78 is 0. The molecule has 1 aliphatic carbocycles. The monoisotopic (exact) mass is 322 g/mol. The largest absolute Gasteiger partial charge is 0.393 e. The smallest absolute Gasteiger partial charge is 0.321 e. The number of aliphatic hydroxyl groups is 1. The summed E-state index contributed by atoms with van der Waals surface area (Å²) in [6.07, 6.45) is 2.66. The molecule has 0 radical (unpaired) electrons. The van der Waals surface area contributed by atoms with Gasteiger partial charge in [-0.05, 0) is 36.3 Å². The van der Waals surface area contributed by atoms with Gasteiger partial charge in [-0.1, -0.05) is 25.5 Å². The average Bonchev–Trinajstić information content (AvgIpc) is 2.90. The highest BCUT2D eigenvalue weighted by molar-refractivity contribution is 7.98. The van der Waals surface area contributed by atoms with Crippen LogP contribution in [0.1, 0.15) is 31.7 Å². The minimum atomic E-state index is -0.260. The Morgan fingerprint density at radius 3 is 2.95 bits per heavy atom. The van der Waals surface area contributed by atoms with E-state index in [2.05, 4.69) is 18.3 Å². The van der Waals surface area contributed by atoms with E-state index in [9.17, 15) is 9.90 Å². The fourth-order valence-corrected chi connectivity index (χ4v) is 3.46. The first kappa shape index (κ1) is 17.2. The summed E-state index contributed by atoms with van der Waals surface area (Å²) in [5.41, 5.74) is 2.05. The predicted octanol–water partition coefficient (Wildman–Crippen LogP) is 3.56. The number of carbonyl (C=O) groups is 1. The average molecular weight is 322 g/mol. The van der Waals surface area contributed by atoms with Crippen LogP contribution in [-0.2, 0) is 5.75 Å². The fraction of sp³-hybridized carbons (Fsp3) is 0.588. The second kappa shape index (κ2) is 8.44. The van der Waals surface area contributed by atoms with Gasteiger partial charge in [-0.25, -0.2) is 4.79 Å². The highest BCUT2D eigenvalue weighted by atomic mass is 32.2. The summed E-state index contributed by atoms with van der Waals surface area (Å²) in [6.45, 7) is 2.75. The lowest BCUT2D eigenvalue weighted by Crippen LogP contribution is -2.37. The lowest BCUT2D eigenvalue weighted by Gasteiger charge is -2.23. The molecule has 2 unspecified atom stereocenters. The van der Waals surface area contributed by atoms with Gasteiger partial charge in [0, 0.05) is 31.0 Å². The topological polar surface area (TPSA) is 52.6 Å². The molecule has 0 spiro atoms. The van der Waals surface area contributed by atoms with E-state index in [-0.39, 0.29) is 18.1 Å². The Morgan fingerprint density at radius 2 is 2.27 bits per heavy atom. The van der Waals surface area contributed by atoms with Crippen molar-refractivity contribution in [3.63, 3.8) is 0 Å². The van der Waals surface area contributed by atoms with Crippen LogP contribution in [0.4, 0.5) is 10.5 Å². The fourth-order valence-electron chi connectivity index (χ4n) is 2.84. The van der Waals surface area contributed by atoms with Gasteiger partial charge in [0.2, 0.25) is 0 Å². The van der Waals surface area contributed by atoms with Gasteiger partial charge in [-0.2, -0.15) is 11.8 Å². The Bertz CT molecular complexity index is 495. The number of aliphatic hydroxyl groups excluding tert-OH is 1. The Labute approximate surface area is 137 Å². The maximum atomic E-state index is 12.3. The highest BCUT2D eigenvalue weighted by Gasteiger charge is 2.27. The molecule has 1 aromatic carbocycles. The van der Waals surface area contributed by atoms with Crippen LogP contribution in [0.15, 0.2) is 24.3 Å². The Morgan fingerprint density at radius 1 is 1.45 bits per heavy atom. The number of rotatable bonds is 6. The number of anilines is 1. The van der Waals surface area contributed by atoms with E-state index < -0.39 is 0 Å². The van der Waals surface area contributed by atoms with E-state index in [0.717, 1.165) is 36.5 Å². The number of nitrogens with zero attached hydrogens (tertiary/aromatic N) is 1. The summed E-state index contributed by atoms with van der Waals surface area (Å²) in [6, 6.07) is 7.88.